The zero-order valence-electron chi connectivity index (χ0n) is 27.9. The number of amides is 2. The van der Waals surface area contributed by atoms with Gasteiger partial charge in [-0.1, -0.05) is 24.3 Å². The second-order valence-corrected chi connectivity index (χ2v) is 12.3. The Morgan fingerprint density at radius 3 is 2.55 bits per heavy atom. The number of hydrazine groups is 2. The molecule has 2 aromatic heterocycles. The normalized spacial score (nSPS) is 16.1. The summed E-state index contributed by atoms with van der Waals surface area (Å²) in [5, 5.41) is 2.28. The van der Waals surface area contributed by atoms with Crippen LogP contribution in [0.2, 0.25) is 0 Å². The van der Waals surface area contributed by atoms with E-state index >= 15 is 4.39 Å². The Bertz CT molecular complexity index is 2000. The number of para-hydroxylation sites is 1. The zero-order valence-corrected chi connectivity index (χ0v) is 27.9. The van der Waals surface area contributed by atoms with Gasteiger partial charge in [0, 0.05) is 88.8 Å². The predicted molar refractivity (Wildman–Crippen MR) is 187 cm³/mol. The number of aromatic nitrogens is 2. The lowest BCUT2D eigenvalue weighted by Gasteiger charge is -2.35. The van der Waals surface area contributed by atoms with Crippen LogP contribution in [-0.4, -0.2) is 96.1 Å². The van der Waals surface area contributed by atoms with Gasteiger partial charge in [0.25, 0.3) is 5.91 Å². The van der Waals surface area contributed by atoms with Gasteiger partial charge >= 0.3 is 6.61 Å². The largest absolute Gasteiger partial charge is 0.496 e. The maximum absolute atomic E-state index is 16.7. The van der Waals surface area contributed by atoms with Gasteiger partial charge in [-0.15, -0.1) is 5.53 Å². The number of piperazine rings is 1. The van der Waals surface area contributed by atoms with Gasteiger partial charge in [0.05, 0.1) is 12.6 Å². The van der Waals surface area contributed by atoms with E-state index in [-0.39, 0.29) is 62.1 Å². The lowest BCUT2D eigenvalue weighted by Crippen LogP contribution is -2.49. The fourth-order valence-corrected chi connectivity index (χ4v) is 6.74. The van der Waals surface area contributed by atoms with E-state index in [0.29, 0.717) is 60.4 Å². The Morgan fingerprint density at radius 2 is 1.78 bits per heavy atom. The third-order valence-corrected chi connectivity index (χ3v) is 9.28. The van der Waals surface area contributed by atoms with Gasteiger partial charge in [-0.3, -0.25) is 14.6 Å². The quantitative estimate of drug-likeness (QED) is 0.210. The lowest BCUT2D eigenvalue weighted by molar-refractivity contribution is -0.131. The van der Waals surface area contributed by atoms with E-state index in [1.54, 1.807) is 51.4 Å². The molecule has 0 saturated carbocycles. The van der Waals surface area contributed by atoms with Gasteiger partial charge in [0.2, 0.25) is 5.91 Å². The summed E-state index contributed by atoms with van der Waals surface area (Å²) in [5.41, 5.74) is 8.55. The molecule has 12 nitrogen and oxygen atoms in total. The second-order valence-electron chi connectivity index (χ2n) is 12.3. The Balaban J connectivity index is 0.00000464. The van der Waals surface area contributed by atoms with Crippen LogP contribution in [0, 0.1) is 5.82 Å². The topological polar surface area (TPSA) is 118 Å². The van der Waals surface area contributed by atoms with Crippen LogP contribution in [0.1, 0.15) is 30.3 Å². The van der Waals surface area contributed by atoms with Gasteiger partial charge in [-0.25, -0.2) is 9.37 Å². The molecule has 1 fully saturated rings. The molecule has 0 atom stereocenters. The number of hydrogen-bond acceptors (Lipinski definition) is 9. The van der Waals surface area contributed by atoms with Crippen molar-refractivity contribution in [1.29, 1.82) is 0 Å². The summed E-state index contributed by atoms with van der Waals surface area (Å²) >= 11 is 0. The van der Waals surface area contributed by atoms with Gasteiger partial charge in [0.1, 0.15) is 11.4 Å². The minimum Gasteiger partial charge on any atom is -0.496 e. The van der Waals surface area contributed by atoms with Gasteiger partial charge < -0.3 is 34.6 Å². The van der Waals surface area contributed by atoms with Gasteiger partial charge in [-0.2, -0.15) is 8.78 Å². The molecular weight excluding hydrogens is 665 g/mol. The predicted octanol–water partition coefficient (Wildman–Crippen LogP) is 4.99. The highest BCUT2D eigenvalue weighted by Gasteiger charge is 2.29. The van der Waals surface area contributed by atoms with Crippen LogP contribution in [0.15, 0.2) is 73.2 Å². The number of nitrogens with one attached hydrogen (secondary N) is 3. The molecule has 5 heterocycles. The molecule has 2 amide bonds. The summed E-state index contributed by atoms with van der Waals surface area (Å²) < 4.78 is 53.0. The lowest BCUT2D eigenvalue weighted by atomic mass is 9.93. The van der Waals surface area contributed by atoms with Crippen molar-refractivity contribution in [3.63, 3.8) is 0 Å². The third-order valence-electron chi connectivity index (χ3n) is 9.28. The minimum absolute atomic E-state index is 0. The number of H-pyrrole nitrogens is 1. The molecular formula is C36H39F3N8O4. The van der Waals surface area contributed by atoms with Crippen LogP contribution < -0.4 is 25.3 Å². The Kier molecular flexibility index (Phi) is 9.70. The number of alkyl halides is 2. The first-order valence-corrected chi connectivity index (χ1v) is 16.6. The summed E-state index contributed by atoms with van der Waals surface area (Å²) in [5.74, 6) is -0.0567. The number of rotatable bonds is 10. The van der Waals surface area contributed by atoms with Crippen LogP contribution in [0.5, 0.6) is 11.5 Å². The average Bonchev–Trinajstić information content (AvgIpc) is 3.85. The minimum atomic E-state index is -2.99. The standard InChI is InChI=1S/C36H37F3N8O4.H2/c1-50-29-8-3-2-7-24(29)26-20-25(23-6-5-13-46(22-23)31(48)10-14-47-15-12-41-43-47)32(37)33-27(26)21-28(42-33)35(49)45-18-16-44(17-19-45)34-30(51-36(38)39)9-4-11-40-34;/h2-4,6-9,11-12,15,20-21,36,41-43H,5,10,13-14,16-19,22H2,1H3;1H. The first-order chi connectivity index (χ1) is 24.8. The van der Waals surface area contributed by atoms with E-state index in [0.717, 1.165) is 5.56 Å². The number of carbonyl (C=O) groups excluding carboxylic acids is 2. The maximum atomic E-state index is 16.7. The van der Waals surface area contributed by atoms with Crippen LogP contribution in [0.25, 0.3) is 27.6 Å². The molecule has 1 saturated heterocycles. The molecule has 268 valence electrons. The SMILES string of the molecule is COc1ccccc1-c1cc(C2=CCCN(C(=O)CCN3C=CNN3)C2)c(F)c2[nH]c(C(=O)N3CCN(c4ncccc4OC(F)F)CC3)cc12.[HH]. The first-order valence-electron chi connectivity index (χ1n) is 16.6. The number of anilines is 1. The highest BCUT2D eigenvalue weighted by molar-refractivity contribution is 6.05. The summed E-state index contributed by atoms with van der Waals surface area (Å²) in [7, 11) is 1.57. The van der Waals surface area contributed by atoms with Crippen molar-refractivity contribution in [3.8, 4) is 22.6 Å². The van der Waals surface area contributed by atoms with Gasteiger partial charge in [0.15, 0.2) is 17.4 Å². The maximum Gasteiger partial charge on any atom is 0.387 e. The van der Waals surface area contributed by atoms with Gasteiger partial charge in [-0.05, 0) is 47.9 Å². The second kappa shape index (κ2) is 14.6. The number of pyridine rings is 1. The summed E-state index contributed by atoms with van der Waals surface area (Å²) in [4.78, 5) is 39.6. The highest BCUT2D eigenvalue weighted by atomic mass is 19.3. The van der Waals surface area contributed by atoms with Crippen LogP contribution in [0.4, 0.5) is 19.0 Å². The number of fused-ring (bicyclic) bond motifs is 1. The van der Waals surface area contributed by atoms with Crippen LogP contribution in [-0.2, 0) is 4.79 Å². The Labute approximate surface area is 293 Å². The molecule has 3 aliphatic heterocycles. The fraction of sp³-hybridized carbons (Fsp3) is 0.306. The van der Waals surface area contributed by atoms with Crippen molar-refractivity contribution in [2.45, 2.75) is 19.5 Å². The molecule has 7 rings (SSSR count). The monoisotopic (exact) mass is 704 g/mol. The average molecular weight is 705 g/mol. The number of hydrogen-bond donors (Lipinski definition) is 3. The van der Waals surface area contributed by atoms with E-state index in [1.807, 2.05) is 30.3 Å². The fourth-order valence-electron chi connectivity index (χ4n) is 6.74. The van der Waals surface area contributed by atoms with E-state index in [1.165, 1.54) is 18.3 Å². The van der Waals surface area contributed by atoms with Crippen LogP contribution >= 0.6 is 0 Å². The first kappa shape index (κ1) is 33.8. The number of ether oxygens (including phenoxy) is 2. The smallest absolute Gasteiger partial charge is 0.387 e. The zero-order chi connectivity index (χ0) is 35.5. The molecule has 3 N–H and O–H groups in total. The molecule has 0 bridgehead atoms. The molecule has 0 spiro atoms. The number of aromatic amines is 1. The molecule has 0 unspecified atom stereocenters. The molecule has 0 radical (unpaired) electrons. The number of halogens is 3. The van der Waals surface area contributed by atoms with Crippen molar-refractivity contribution in [3.05, 3.63) is 90.3 Å². The molecule has 15 heteroatoms. The van der Waals surface area contributed by atoms with Crippen molar-refractivity contribution >= 4 is 34.1 Å². The molecule has 51 heavy (non-hydrogen) atoms. The number of nitrogens with zero attached hydrogens (tertiary/aromatic N) is 5. The van der Waals surface area contributed by atoms with E-state index < -0.39 is 12.4 Å². The highest BCUT2D eigenvalue weighted by Crippen LogP contribution is 2.40. The van der Waals surface area contributed by atoms with E-state index in [4.69, 9.17) is 4.74 Å². The van der Waals surface area contributed by atoms with E-state index in [2.05, 4.69) is 25.7 Å². The van der Waals surface area contributed by atoms with E-state index in [9.17, 15) is 18.4 Å². The van der Waals surface area contributed by atoms with Crippen molar-refractivity contribution in [2.75, 3.05) is 57.8 Å². The summed E-state index contributed by atoms with van der Waals surface area (Å²) in [6, 6.07) is 13.8. The third kappa shape index (κ3) is 7.01. The molecule has 2 aromatic carbocycles. The Hall–Kier alpha value is -5.70. The molecule has 0 aliphatic carbocycles. The summed E-state index contributed by atoms with van der Waals surface area (Å²) in [6.07, 6.45) is 7.85. The number of carbonyl (C=O) groups is 2. The number of benzene rings is 2. The molecule has 4 aromatic rings. The summed E-state index contributed by atoms with van der Waals surface area (Å²) in [6.45, 7) is -0.520. The van der Waals surface area contributed by atoms with Crippen molar-refractivity contribution in [2.24, 2.45) is 0 Å². The van der Waals surface area contributed by atoms with Crippen LogP contribution in [0.3, 0.4) is 0 Å². The Morgan fingerprint density at radius 1 is 0.980 bits per heavy atom. The van der Waals surface area contributed by atoms with Crippen molar-refractivity contribution < 1.29 is 33.7 Å². The molecule has 3 aliphatic rings. The van der Waals surface area contributed by atoms with Crippen molar-refractivity contribution in [1.82, 2.24) is 35.7 Å². The number of methoxy groups -OCH3 is 1.